The monoisotopic (exact) mass is 287 g/mol. The molecule has 0 fully saturated rings. The summed E-state index contributed by atoms with van der Waals surface area (Å²) in [7, 11) is 0. The van der Waals surface area contributed by atoms with Crippen molar-refractivity contribution in [3.8, 4) is 5.75 Å². The molecule has 0 saturated heterocycles. The topological polar surface area (TPSA) is 107 Å². The van der Waals surface area contributed by atoms with E-state index in [1.807, 2.05) is 0 Å². The van der Waals surface area contributed by atoms with Crippen molar-refractivity contribution in [2.75, 3.05) is 0 Å². The van der Waals surface area contributed by atoms with Gasteiger partial charge in [-0.05, 0) is 36.4 Å². The van der Waals surface area contributed by atoms with Crippen LogP contribution >= 0.6 is 0 Å². The third-order valence-corrected chi connectivity index (χ3v) is 2.63. The Morgan fingerprint density at radius 1 is 0.952 bits per heavy atom. The Labute approximate surface area is 118 Å². The van der Waals surface area contributed by atoms with E-state index in [9.17, 15) is 19.7 Å². The molecule has 0 radical (unpaired) electrons. The Hall–Kier alpha value is -3.22. The number of carbonyl (C=O) groups is 2. The molecule has 7 nitrogen and oxygen atoms in total. The first-order chi connectivity index (χ1) is 9.97. The Bertz CT molecular complexity index is 690. The van der Waals surface area contributed by atoms with Crippen LogP contribution in [0.4, 0.5) is 5.69 Å². The molecule has 0 saturated carbocycles. The lowest BCUT2D eigenvalue weighted by Crippen LogP contribution is -2.09. The number of nitro groups is 1. The highest BCUT2D eigenvalue weighted by Gasteiger charge is 2.11. The van der Waals surface area contributed by atoms with Crippen LogP contribution < -0.4 is 4.74 Å². The van der Waals surface area contributed by atoms with Gasteiger partial charge in [-0.25, -0.2) is 9.59 Å². The van der Waals surface area contributed by atoms with Crippen LogP contribution in [0.2, 0.25) is 0 Å². The van der Waals surface area contributed by atoms with Gasteiger partial charge in [0.05, 0.1) is 16.1 Å². The van der Waals surface area contributed by atoms with Gasteiger partial charge in [-0.3, -0.25) is 10.1 Å². The highest BCUT2D eigenvalue weighted by molar-refractivity contribution is 5.93. The number of hydrogen-bond donors (Lipinski definition) is 1. The molecule has 0 aliphatic heterocycles. The second kappa shape index (κ2) is 5.83. The van der Waals surface area contributed by atoms with Gasteiger partial charge in [0.25, 0.3) is 5.69 Å². The van der Waals surface area contributed by atoms with Crippen LogP contribution in [0.5, 0.6) is 5.75 Å². The molecule has 0 bridgehead atoms. The minimum atomic E-state index is -1.09. The molecule has 0 amide bonds. The molecule has 0 aliphatic rings. The summed E-state index contributed by atoms with van der Waals surface area (Å²) in [4.78, 5) is 32.4. The van der Waals surface area contributed by atoms with Crippen LogP contribution in [-0.2, 0) is 0 Å². The van der Waals surface area contributed by atoms with Crippen molar-refractivity contribution in [1.82, 2.24) is 0 Å². The van der Waals surface area contributed by atoms with Crippen LogP contribution in [-0.4, -0.2) is 22.0 Å². The summed E-state index contributed by atoms with van der Waals surface area (Å²) >= 11 is 0. The van der Waals surface area contributed by atoms with Crippen molar-refractivity contribution in [3.05, 3.63) is 69.8 Å². The Morgan fingerprint density at radius 3 is 1.95 bits per heavy atom. The number of hydrogen-bond acceptors (Lipinski definition) is 5. The lowest BCUT2D eigenvalue weighted by Gasteiger charge is -2.04. The molecule has 2 rings (SSSR count). The Kier molecular flexibility index (Phi) is 3.94. The van der Waals surface area contributed by atoms with Gasteiger partial charge in [0.2, 0.25) is 0 Å². The summed E-state index contributed by atoms with van der Waals surface area (Å²) < 4.78 is 5.03. The SMILES string of the molecule is O=C(O)c1ccc(C(=O)Oc2ccc([N+](=O)[O-])cc2)cc1. The normalized spacial score (nSPS) is 9.90. The molecule has 0 aromatic heterocycles. The molecule has 21 heavy (non-hydrogen) atoms. The van der Waals surface area contributed by atoms with Crippen molar-refractivity contribution < 1.29 is 24.4 Å². The van der Waals surface area contributed by atoms with E-state index in [0.29, 0.717) is 0 Å². The molecule has 2 aromatic carbocycles. The van der Waals surface area contributed by atoms with Crippen molar-refractivity contribution in [3.63, 3.8) is 0 Å². The first-order valence-electron chi connectivity index (χ1n) is 5.77. The lowest BCUT2D eigenvalue weighted by atomic mass is 10.1. The molecule has 0 heterocycles. The van der Waals surface area contributed by atoms with Crippen molar-refractivity contribution >= 4 is 17.6 Å². The summed E-state index contributed by atoms with van der Waals surface area (Å²) in [5.74, 6) is -1.61. The minimum absolute atomic E-state index is 0.0573. The van der Waals surface area contributed by atoms with Gasteiger partial charge < -0.3 is 9.84 Å². The molecule has 1 N–H and O–H groups in total. The number of aromatic carboxylic acids is 1. The maximum absolute atomic E-state index is 11.8. The number of carbonyl (C=O) groups excluding carboxylic acids is 1. The second-order valence-corrected chi connectivity index (χ2v) is 4.02. The summed E-state index contributed by atoms with van der Waals surface area (Å²) in [5, 5.41) is 19.2. The molecule has 0 unspecified atom stereocenters. The largest absolute Gasteiger partial charge is 0.478 e. The Balaban J connectivity index is 2.10. The minimum Gasteiger partial charge on any atom is -0.478 e. The predicted molar refractivity (Wildman–Crippen MR) is 71.5 cm³/mol. The second-order valence-electron chi connectivity index (χ2n) is 4.02. The average molecular weight is 287 g/mol. The number of esters is 1. The number of benzene rings is 2. The Morgan fingerprint density at radius 2 is 1.48 bits per heavy atom. The average Bonchev–Trinajstić information content (AvgIpc) is 2.47. The fourth-order valence-corrected chi connectivity index (χ4v) is 1.55. The third kappa shape index (κ3) is 3.41. The molecule has 106 valence electrons. The fourth-order valence-electron chi connectivity index (χ4n) is 1.55. The van der Waals surface area contributed by atoms with Crippen LogP contribution in [0.1, 0.15) is 20.7 Å². The van der Waals surface area contributed by atoms with E-state index in [0.717, 1.165) is 0 Å². The molecular weight excluding hydrogens is 278 g/mol. The van der Waals surface area contributed by atoms with Crippen molar-refractivity contribution in [2.24, 2.45) is 0 Å². The first kappa shape index (κ1) is 14.2. The molecule has 2 aromatic rings. The van der Waals surface area contributed by atoms with Gasteiger partial charge >= 0.3 is 11.9 Å². The summed E-state index contributed by atoms with van der Waals surface area (Å²) in [6.45, 7) is 0. The van der Waals surface area contributed by atoms with E-state index in [1.54, 1.807) is 0 Å². The zero-order valence-corrected chi connectivity index (χ0v) is 10.6. The van der Waals surface area contributed by atoms with Crippen LogP contribution in [0.25, 0.3) is 0 Å². The fraction of sp³-hybridized carbons (Fsp3) is 0. The number of nitro benzene ring substituents is 1. The highest BCUT2D eigenvalue weighted by atomic mass is 16.6. The molecule has 7 heteroatoms. The maximum Gasteiger partial charge on any atom is 0.343 e. The summed E-state index contributed by atoms with van der Waals surface area (Å²) in [5.41, 5.74) is 0.126. The predicted octanol–water partition coefficient (Wildman–Crippen LogP) is 2.51. The maximum atomic E-state index is 11.8. The molecule has 0 aliphatic carbocycles. The van der Waals surface area contributed by atoms with E-state index >= 15 is 0 Å². The number of carboxylic acids is 1. The first-order valence-corrected chi connectivity index (χ1v) is 5.77. The summed E-state index contributed by atoms with van der Waals surface area (Å²) in [6, 6.07) is 10.3. The van der Waals surface area contributed by atoms with Gasteiger partial charge in [0.15, 0.2) is 0 Å². The van der Waals surface area contributed by atoms with E-state index in [-0.39, 0.29) is 22.6 Å². The van der Waals surface area contributed by atoms with E-state index in [2.05, 4.69) is 0 Å². The number of carboxylic acid groups (broad SMARTS) is 1. The van der Waals surface area contributed by atoms with E-state index < -0.39 is 16.9 Å². The van der Waals surface area contributed by atoms with Crippen LogP contribution in [0.3, 0.4) is 0 Å². The van der Waals surface area contributed by atoms with Gasteiger partial charge in [-0.2, -0.15) is 0 Å². The van der Waals surface area contributed by atoms with Gasteiger partial charge in [0.1, 0.15) is 5.75 Å². The van der Waals surface area contributed by atoms with Crippen LogP contribution in [0.15, 0.2) is 48.5 Å². The van der Waals surface area contributed by atoms with E-state index in [1.165, 1.54) is 48.5 Å². The molecule has 0 spiro atoms. The number of non-ortho nitro benzene ring substituents is 1. The standard InChI is InChI=1S/C14H9NO6/c16-13(17)9-1-3-10(4-2-9)14(18)21-12-7-5-11(6-8-12)15(19)20/h1-8H,(H,16,17). The molecule has 0 atom stereocenters. The van der Waals surface area contributed by atoms with Gasteiger partial charge in [-0.15, -0.1) is 0 Å². The number of nitrogens with zero attached hydrogens (tertiary/aromatic N) is 1. The lowest BCUT2D eigenvalue weighted by molar-refractivity contribution is -0.384. The van der Waals surface area contributed by atoms with Crippen molar-refractivity contribution in [2.45, 2.75) is 0 Å². The smallest absolute Gasteiger partial charge is 0.343 e. The third-order valence-electron chi connectivity index (χ3n) is 2.63. The zero-order valence-electron chi connectivity index (χ0n) is 10.6. The molecular formula is C14H9NO6. The zero-order chi connectivity index (χ0) is 15.4. The van der Waals surface area contributed by atoms with Crippen molar-refractivity contribution in [1.29, 1.82) is 0 Å². The van der Waals surface area contributed by atoms with Gasteiger partial charge in [-0.1, -0.05) is 0 Å². The number of rotatable bonds is 4. The van der Waals surface area contributed by atoms with Gasteiger partial charge in [0, 0.05) is 12.1 Å². The summed E-state index contributed by atoms with van der Waals surface area (Å²) in [6.07, 6.45) is 0. The highest BCUT2D eigenvalue weighted by Crippen LogP contribution is 2.18. The van der Waals surface area contributed by atoms with Crippen LogP contribution in [0, 0.1) is 10.1 Å². The quantitative estimate of drug-likeness (QED) is 0.400. The number of ether oxygens (including phenoxy) is 1. The van der Waals surface area contributed by atoms with E-state index in [4.69, 9.17) is 9.84 Å².